The molecule has 10 heteroatoms. The Hall–Kier alpha value is -2.88. The van der Waals surface area contributed by atoms with Gasteiger partial charge in [-0.3, -0.25) is 19.7 Å². The summed E-state index contributed by atoms with van der Waals surface area (Å²) < 4.78 is 5.13. The topological polar surface area (TPSA) is 127 Å². The van der Waals surface area contributed by atoms with Gasteiger partial charge in [0.1, 0.15) is 5.75 Å². The van der Waals surface area contributed by atoms with Crippen molar-refractivity contribution >= 4 is 29.0 Å². The molecule has 2 aromatic rings. The Morgan fingerprint density at radius 2 is 2.04 bits per heavy atom. The molecule has 1 heterocycles. The lowest BCUT2D eigenvalue weighted by atomic mass is 10.1. The lowest BCUT2D eigenvalue weighted by Crippen LogP contribution is -2.23. The summed E-state index contributed by atoms with van der Waals surface area (Å²) in [7, 11) is 1.40. The zero-order valence-corrected chi connectivity index (χ0v) is 16.1. The monoisotopic (exact) mass is 392 g/mol. The molecule has 0 aliphatic heterocycles. The van der Waals surface area contributed by atoms with E-state index in [1.165, 1.54) is 31.4 Å². The number of carbonyl (C=O) groups is 1. The number of benzene rings is 1. The molecule has 0 saturated carbocycles. The fourth-order valence-electron chi connectivity index (χ4n) is 2.17. The van der Waals surface area contributed by atoms with Crippen LogP contribution in [-0.2, 0) is 4.79 Å². The van der Waals surface area contributed by atoms with Gasteiger partial charge in [-0.1, -0.05) is 25.6 Å². The minimum absolute atomic E-state index is 0.0740. The number of nitro groups is 1. The second-order valence-electron chi connectivity index (χ2n) is 6.02. The van der Waals surface area contributed by atoms with Crippen LogP contribution in [0.4, 0.5) is 11.4 Å². The van der Waals surface area contributed by atoms with Crippen LogP contribution in [-0.4, -0.2) is 33.2 Å². The summed E-state index contributed by atoms with van der Waals surface area (Å²) in [6.07, 6.45) is 0. The molecule has 0 fully saturated rings. The average Bonchev–Trinajstić information content (AvgIpc) is 2.60. The van der Waals surface area contributed by atoms with Crippen LogP contribution in [0.15, 0.2) is 34.2 Å². The molecule has 0 bridgehead atoms. The Kier molecular flexibility index (Phi) is 6.56. The number of nitrogens with zero attached hydrogens (tertiary/aromatic N) is 2. The minimum Gasteiger partial charge on any atom is -0.495 e. The number of carbonyl (C=O) groups excluding carboxylic acids is 1. The summed E-state index contributed by atoms with van der Waals surface area (Å²) >= 11 is 1.09. The molecule has 0 spiro atoms. The van der Waals surface area contributed by atoms with Crippen LogP contribution in [0.1, 0.15) is 32.4 Å². The van der Waals surface area contributed by atoms with Crippen molar-refractivity contribution in [3.05, 3.63) is 50.4 Å². The molecule has 27 heavy (non-hydrogen) atoms. The van der Waals surface area contributed by atoms with Crippen molar-refractivity contribution in [2.45, 2.75) is 37.1 Å². The number of anilines is 1. The Bertz CT molecular complexity index is 912. The van der Waals surface area contributed by atoms with E-state index < -0.39 is 16.1 Å². The Balaban J connectivity index is 2.18. The molecule has 0 saturated heterocycles. The number of hydrogen-bond acceptors (Lipinski definition) is 7. The van der Waals surface area contributed by atoms with Gasteiger partial charge in [0, 0.05) is 18.2 Å². The van der Waals surface area contributed by atoms with Crippen molar-refractivity contribution in [3.8, 4) is 5.75 Å². The molecule has 1 atom stereocenters. The van der Waals surface area contributed by atoms with Gasteiger partial charge in [-0.25, -0.2) is 4.98 Å². The maximum absolute atomic E-state index is 12.5. The summed E-state index contributed by atoms with van der Waals surface area (Å²) in [6.45, 7) is 5.48. The van der Waals surface area contributed by atoms with Crippen LogP contribution in [0.3, 0.4) is 0 Å². The van der Waals surface area contributed by atoms with Gasteiger partial charge in [0.05, 0.1) is 28.7 Å². The van der Waals surface area contributed by atoms with Gasteiger partial charge in [0.2, 0.25) is 5.91 Å². The summed E-state index contributed by atoms with van der Waals surface area (Å²) in [4.78, 5) is 41.6. The van der Waals surface area contributed by atoms with E-state index in [-0.39, 0.29) is 22.9 Å². The summed E-state index contributed by atoms with van der Waals surface area (Å²) in [5.74, 6) is -0.0270. The molecule has 0 radical (unpaired) electrons. The number of thioether (sulfide) groups is 1. The van der Waals surface area contributed by atoms with Crippen molar-refractivity contribution in [2.75, 3.05) is 12.4 Å². The number of aromatic amines is 1. The Morgan fingerprint density at radius 3 is 2.63 bits per heavy atom. The summed E-state index contributed by atoms with van der Waals surface area (Å²) in [5, 5.41) is 13.3. The van der Waals surface area contributed by atoms with Crippen LogP contribution in [0.2, 0.25) is 0 Å². The number of aromatic nitrogens is 2. The first kappa shape index (κ1) is 20.4. The number of ether oxygens (including phenoxy) is 1. The van der Waals surface area contributed by atoms with Gasteiger partial charge in [0.25, 0.3) is 11.2 Å². The number of rotatable bonds is 7. The third kappa shape index (κ3) is 5.30. The third-order valence-electron chi connectivity index (χ3n) is 3.64. The number of nitrogens with one attached hydrogen (secondary N) is 2. The maximum atomic E-state index is 12.5. The van der Waals surface area contributed by atoms with Crippen LogP contribution < -0.4 is 15.6 Å². The first-order valence-electron chi connectivity index (χ1n) is 8.12. The van der Waals surface area contributed by atoms with E-state index in [0.29, 0.717) is 16.6 Å². The fraction of sp³-hybridized carbons (Fsp3) is 0.353. The second kappa shape index (κ2) is 8.67. The van der Waals surface area contributed by atoms with E-state index in [0.717, 1.165) is 11.8 Å². The molecule has 2 rings (SSSR count). The van der Waals surface area contributed by atoms with Crippen molar-refractivity contribution in [1.82, 2.24) is 9.97 Å². The van der Waals surface area contributed by atoms with Crippen molar-refractivity contribution in [2.24, 2.45) is 0 Å². The molecule has 0 aliphatic carbocycles. The van der Waals surface area contributed by atoms with Crippen LogP contribution in [0.5, 0.6) is 5.75 Å². The minimum atomic E-state index is -0.612. The van der Waals surface area contributed by atoms with Crippen LogP contribution in [0, 0.1) is 10.1 Å². The number of nitro benzene ring substituents is 1. The number of methoxy groups -OCH3 is 1. The molecule has 1 aromatic heterocycles. The lowest BCUT2D eigenvalue weighted by Gasteiger charge is -2.14. The van der Waals surface area contributed by atoms with E-state index >= 15 is 0 Å². The standard InChI is InChI=1S/C17H20N4O5S/c1-9(2)12-8-15(22)20-17(19-12)27-10(3)16(23)18-13-7-11(21(24)25)5-6-14(13)26-4/h5-10H,1-4H3,(H,18,23)(H,19,20,22). The number of H-pyrrole nitrogens is 1. The molecule has 1 unspecified atom stereocenters. The molecular weight excluding hydrogens is 372 g/mol. The first-order valence-corrected chi connectivity index (χ1v) is 9.00. The zero-order valence-electron chi connectivity index (χ0n) is 15.3. The van der Waals surface area contributed by atoms with Gasteiger partial charge in [-0.15, -0.1) is 0 Å². The highest BCUT2D eigenvalue weighted by atomic mass is 32.2. The molecule has 1 aromatic carbocycles. The number of amides is 1. The van der Waals surface area contributed by atoms with Gasteiger partial charge in [0.15, 0.2) is 5.16 Å². The van der Waals surface area contributed by atoms with E-state index in [1.54, 1.807) is 6.92 Å². The molecular formula is C17H20N4O5S. The maximum Gasteiger partial charge on any atom is 0.271 e. The lowest BCUT2D eigenvalue weighted by molar-refractivity contribution is -0.384. The van der Waals surface area contributed by atoms with E-state index in [9.17, 15) is 19.7 Å². The molecule has 9 nitrogen and oxygen atoms in total. The molecule has 144 valence electrons. The number of non-ortho nitro benzene ring substituents is 1. The highest BCUT2D eigenvalue weighted by Gasteiger charge is 2.20. The fourth-order valence-corrected chi connectivity index (χ4v) is 2.99. The molecule has 0 aliphatic rings. The second-order valence-corrected chi connectivity index (χ2v) is 7.35. The van der Waals surface area contributed by atoms with Crippen LogP contribution >= 0.6 is 11.8 Å². The largest absolute Gasteiger partial charge is 0.495 e. The van der Waals surface area contributed by atoms with Crippen molar-refractivity contribution < 1.29 is 14.5 Å². The number of hydrogen-bond donors (Lipinski definition) is 2. The van der Waals surface area contributed by atoms with Crippen molar-refractivity contribution in [1.29, 1.82) is 0 Å². The van der Waals surface area contributed by atoms with E-state index in [2.05, 4.69) is 15.3 Å². The normalized spacial score (nSPS) is 11.9. The average molecular weight is 392 g/mol. The van der Waals surface area contributed by atoms with E-state index in [1.807, 2.05) is 13.8 Å². The third-order valence-corrected chi connectivity index (χ3v) is 4.62. The smallest absolute Gasteiger partial charge is 0.271 e. The summed E-state index contributed by atoms with van der Waals surface area (Å²) in [6, 6.07) is 5.36. The quantitative estimate of drug-likeness (QED) is 0.321. The van der Waals surface area contributed by atoms with Gasteiger partial charge in [-0.2, -0.15) is 0 Å². The van der Waals surface area contributed by atoms with Crippen molar-refractivity contribution in [3.63, 3.8) is 0 Å². The molecule has 2 N–H and O–H groups in total. The SMILES string of the molecule is COc1ccc([N+](=O)[O-])cc1NC(=O)C(C)Sc1nc(C(C)C)cc(=O)[nH]1. The highest BCUT2D eigenvalue weighted by molar-refractivity contribution is 8.00. The van der Waals surface area contributed by atoms with E-state index in [4.69, 9.17) is 4.74 Å². The zero-order chi connectivity index (χ0) is 20.1. The molecule has 1 amide bonds. The Morgan fingerprint density at radius 1 is 1.33 bits per heavy atom. The first-order chi connectivity index (χ1) is 12.7. The summed E-state index contributed by atoms with van der Waals surface area (Å²) in [5.41, 5.74) is 0.377. The van der Waals surface area contributed by atoms with Gasteiger partial charge in [-0.05, 0) is 18.9 Å². The predicted octanol–water partition coefficient (Wildman–Crippen LogP) is 2.93. The van der Waals surface area contributed by atoms with Crippen LogP contribution in [0.25, 0.3) is 0 Å². The highest BCUT2D eigenvalue weighted by Crippen LogP contribution is 2.30. The van der Waals surface area contributed by atoms with Gasteiger partial charge >= 0.3 is 0 Å². The Labute approximate surface area is 159 Å². The predicted molar refractivity (Wildman–Crippen MR) is 103 cm³/mol. The van der Waals surface area contributed by atoms with Gasteiger partial charge < -0.3 is 15.0 Å².